The molecule has 0 aromatic heterocycles. The molecular formula is C25H38N2O5. The second-order valence-corrected chi connectivity index (χ2v) is 9.86. The Labute approximate surface area is 191 Å². The molecule has 0 unspecified atom stereocenters. The van der Waals surface area contributed by atoms with E-state index in [0.717, 1.165) is 48.7 Å². The van der Waals surface area contributed by atoms with Crippen LogP contribution in [0, 0.1) is 11.8 Å². The van der Waals surface area contributed by atoms with Crippen molar-refractivity contribution in [1.29, 1.82) is 0 Å². The van der Waals surface area contributed by atoms with Crippen LogP contribution in [-0.4, -0.2) is 58.1 Å². The Balaban J connectivity index is 1.70. The van der Waals surface area contributed by atoms with E-state index >= 15 is 0 Å². The highest BCUT2D eigenvalue weighted by atomic mass is 16.5. The lowest BCUT2D eigenvalue weighted by Crippen LogP contribution is -2.60. The van der Waals surface area contributed by atoms with Crippen molar-refractivity contribution in [3.63, 3.8) is 0 Å². The molecule has 0 bridgehead atoms. The second kappa shape index (κ2) is 9.48. The first-order valence-corrected chi connectivity index (χ1v) is 11.9. The molecular weight excluding hydrogens is 408 g/mol. The minimum absolute atomic E-state index is 0.0118. The van der Waals surface area contributed by atoms with Crippen molar-refractivity contribution in [1.82, 2.24) is 5.32 Å². The van der Waals surface area contributed by atoms with E-state index in [1.165, 1.54) is 6.42 Å². The number of nitrogens with zero attached hydrogens (tertiary/aromatic N) is 1. The number of amides is 1. The molecule has 1 aliphatic carbocycles. The van der Waals surface area contributed by atoms with Crippen LogP contribution in [0.5, 0.6) is 11.5 Å². The molecule has 4 rings (SSSR count). The van der Waals surface area contributed by atoms with Crippen molar-refractivity contribution < 1.29 is 23.7 Å². The molecule has 32 heavy (non-hydrogen) atoms. The summed E-state index contributed by atoms with van der Waals surface area (Å²) in [5, 5.41) is 3.29. The normalized spacial score (nSPS) is 32.7. The summed E-state index contributed by atoms with van der Waals surface area (Å²) in [7, 11) is 3.41. The summed E-state index contributed by atoms with van der Waals surface area (Å²) in [6.07, 6.45) is 3.91. The zero-order valence-corrected chi connectivity index (χ0v) is 20.1. The maximum atomic E-state index is 12.1. The van der Waals surface area contributed by atoms with Gasteiger partial charge in [0.1, 0.15) is 11.5 Å². The predicted octanol–water partition coefficient (Wildman–Crippen LogP) is 3.70. The first-order valence-electron chi connectivity index (χ1n) is 11.9. The smallest absolute Gasteiger partial charge is 0.217 e. The summed E-state index contributed by atoms with van der Waals surface area (Å²) >= 11 is 0. The third-order valence-electron chi connectivity index (χ3n) is 7.51. The molecule has 2 saturated heterocycles. The quantitative estimate of drug-likeness (QED) is 0.744. The Hall–Kier alpha value is -1.99. The summed E-state index contributed by atoms with van der Waals surface area (Å²) in [5.74, 6) is 2.56. The van der Waals surface area contributed by atoms with E-state index in [2.05, 4.69) is 36.2 Å². The maximum Gasteiger partial charge on any atom is 0.217 e. The lowest BCUT2D eigenvalue weighted by Gasteiger charge is -2.52. The number of carbonyl (C=O) groups is 1. The molecule has 5 atom stereocenters. The average molecular weight is 447 g/mol. The summed E-state index contributed by atoms with van der Waals surface area (Å²) in [6.45, 7) is 9.13. The number of nitrogens with one attached hydrogen (secondary N) is 1. The molecule has 2 heterocycles. The Morgan fingerprint density at radius 1 is 1.16 bits per heavy atom. The van der Waals surface area contributed by atoms with Gasteiger partial charge >= 0.3 is 0 Å². The number of fused-ring (bicyclic) bond motifs is 1. The highest BCUT2D eigenvalue weighted by Crippen LogP contribution is 2.50. The van der Waals surface area contributed by atoms with Gasteiger partial charge in [-0.1, -0.05) is 13.3 Å². The van der Waals surface area contributed by atoms with Gasteiger partial charge in [-0.15, -0.1) is 0 Å². The fraction of sp³-hybridized carbons (Fsp3) is 0.720. The van der Waals surface area contributed by atoms with E-state index in [9.17, 15) is 4.79 Å². The molecule has 3 aliphatic rings. The fourth-order valence-corrected chi connectivity index (χ4v) is 5.94. The monoisotopic (exact) mass is 446 g/mol. The van der Waals surface area contributed by atoms with E-state index in [0.29, 0.717) is 31.5 Å². The zero-order chi connectivity index (χ0) is 22.9. The average Bonchev–Trinajstić information content (AvgIpc) is 2.77. The number of hydrogen-bond donors (Lipinski definition) is 1. The number of rotatable bonds is 5. The third kappa shape index (κ3) is 4.55. The molecule has 7 nitrogen and oxygen atoms in total. The standard InChI is InChI=1S/C25H38N2O5/c1-16-6-7-19-22(12-16)32-24(15-25(19,3)26-17(2)28)18-13-23(30-5)20(14-21(18)29-4)27-8-10-31-11-9-27/h13-14,16,19,22,24H,6-12,15H2,1-5H3,(H,26,28)/t16-,19-,22-,24-,25+/m1/s1. The van der Waals surface area contributed by atoms with Crippen LogP contribution < -0.4 is 19.7 Å². The topological polar surface area (TPSA) is 69.3 Å². The van der Waals surface area contributed by atoms with Crippen molar-refractivity contribution in [2.24, 2.45) is 11.8 Å². The second-order valence-electron chi connectivity index (χ2n) is 9.86. The zero-order valence-electron chi connectivity index (χ0n) is 20.1. The van der Waals surface area contributed by atoms with E-state index in [1.807, 2.05) is 0 Å². The van der Waals surface area contributed by atoms with Crippen LogP contribution >= 0.6 is 0 Å². The molecule has 3 fully saturated rings. The number of methoxy groups -OCH3 is 2. The largest absolute Gasteiger partial charge is 0.496 e. The predicted molar refractivity (Wildman–Crippen MR) is 124 cm³/mol. The molecule has 1 aromatic carbocycles. The number of carbonyl (C=O) groups excluding carboxylic acids is 1. The summed E-state index contributed by atoms with van der Waals surface area (Å²) < 4.78 is 23.9. The van der Waals surface area contributed by atoms with E-state index in [4.69, 9.17) is 18.9 Å². The van der Waals surface area contributed by atoms with Crippen LogP contribution in [-0.2, 0) is 14.3 Å². The number of hydrogen-bond acceptors (Lipinski definition) is 6. The highest BCUT2D eigenvalue weighted by molar-refractivity contribution is 5.74. The number of benzene rings is 1. The van der Waals surface area contributed by atoms with Crippen molar-refractivity contribution in [2.45, 2.75) is 64.2 Å². The van der Waals surface area contributed by atoms with Crippen LogP contribution in [0.15, 0.2) is 12.1 Å². The summed E-state index contributed by atoms with van der Waals surface area (Å²) in [6, 6.07) is 4.13. The Bertz CT molecular complexity index is 825. The number of anilines is 1. The van der Waals surface area contributed by atoms with E-state index in [1.54, 1.807) is 21.1 Å². The fourth-order valence-electron chi connectivity index (χ4n) is 5.94. The third-order valence-corrected chi connectivity index (χ3v) is 7.51. The molecule has 178 valence electrons. The molecule has 1 amide bonds. The van der Waals surface area contributed by atoms with Crippen molar-refractivity contribution in [2.75, 3.05) is 45.4 Å². The van der Waals surface area contributed by atoms with Gasteiger partial charge in [-0.2, -0.15) is 0 Å². The van der Waals surface area contributed by atoms with Gasteiger partial charge in [0.2, 0.25) is 5.91 Å². The Morgan fingerprint density at radius 2 is 1.88 bits per heavy atom. The Kier molecular flexibility index (Phi) is 6.86. The van der Waals surface area contributed by atoms with Crippen molar-refractivity contribution in [3.8, 4) is 11.5 Å². The molecule has 0 radical (unpaired) electrons. The van der Waals surface area contributed by atoms with Crippen LogP contribution in [0.1, 0.15) is 58.1 Å². The maximum absolute atomic E-state index is 12.1. The molecule has 1 saturated carbocycles. The van der Waals surface area contributed by atoms with Gasteiger partial charge in [0.25, 0.3) is 0 Å². The lowest BCUT2D eigenvalue weighted by molar-refractivity contribution is -0.153. The van der Waals surface area contributed by atoms with Gasteiger partial charge in [0, 0.05) is 49.5 Å². The van der Waals surface area contributed by atoms with Gasteiger partial charge in [-0.3, -0.25) is 4.79 Å². The molecule has 1 aromatic rings. The van der Waals surface area contributed by atoms with Crippen molar-refractivity contribution in [3.05, 3.63) is 17.7 Å². The van der Waals surface area contributed by atoms with Gasteiger partial charge < -0.3 is 29.2 Å². The SMILES string of the molecule is COc1cc(N2CCOCC2)c(OC)cc1[C@H]1C[C@](C)(NC(C)=O)[C@@H]2CC[C@@H](C)C[C@H]2O1. The Morgan fingerprint density at radius 3 is 2.53 bits per heavy atom. The lowest BCUT2D eigenvalue weighted by atomic mass is 9.66. The molecule has 2 aliphatic heterocycles. The minimum Gasteiger partial charge on any atom is -0.496 e. The van der Waals surface area contributed by atoms with Gasteiger partial charge in [-0.25, -0.2) is 0 Å². The summed E-state index contributed by atoms with van der Waals surface area (Å²) in [4.78, 5) is 14.4. The van der Waals surface area contributed by atoms with Crippen molar-refractivity contribution >= 4 is 11.6 Å². The molecule has 7 heteroatoms. The van der Waals surface area contributed by atoms with E-state index < -0.39 is 0 Å². The molecule has 1 N–H and O–H groups in total. The number of morpholine rings is 1. The van der Waals surface area contributed by atoms with Gasteiger partial charge in [0.15, 0.2) is 0 Å². The minimum atomic E-state index is -0.319. The van der Waals surface area contributed by atoms with Crippen LogP contribution in [0.3, 0.4) is 0 Å². The van der Waals surface area contributed by atoms with E-state index in [-0.39, 0.29) is 23.7 Å². The van der Waals surface area contributed by atoms with Gasteiger partial charge in [-0.05, 0) is 31.7 Å². The molecule has 0 spiro atoms. The summed E-state index contributed by atoms with van der Waals surface area (Å²) in [5.41, 5.74) is 1.68. The number of ether oxygens (including phenoxy) is 4. The first kappa shape index (κ1) is 23.2. The van der Waals surface area contributed by atoms with Crippen LogP contribution in [0.2, 0.25) is 0 Å². The van der Waals surface area contributed by atoms with Crippen LogP contribution in [0.4, 0.5) is 5.69 Å². The van der Waals surface area contributed by atoms with Crippen LogP contribution in [0.25, 0.3) is 0 Å². The highest BCUT2D eigenvalue weighted by Gasteiger charge is 2.49. The first-order chi connectivity index (χ1) is 15.3. The van der Waals surface area contributed by atoms with Gasteiger partial charge in [0.05, 0.1) is 45.3 Å².